The average molecular weight is 374 g/mol. The Kier molecular flexibility index (Phi) is 5.30. The summed E-state index contributed by atoms with van der Waals surface area (Å²) in [5, 5.41) is 21.1. The summed E-state index contributed by atoms with van der Waals surface area (Å²) in [5.41, 5.74) is 0.790. The zero-order valence-electron chi connectivity index (χ0n) is 11.3. The second kappa shape index (κ2) is 7.00. The van der Waals surface area contributed by atoms with E-state index in [2.05, 4.69) is 31.5 Å². The fourth-order valence-electron chi connectivity index (χ4n) is 2.00. The van der Waals surface area contributed by atoms with Crippen LogP contribution in [0.4, 0.5) is 0 Å². The molecule has 6 nitrogen and oxygen atoms in total. The number of benzene rings is 1. The van der Waals surface area contributed by atoms with Crippen molar-refractivity contribution in [2.24, 2.45) is 5.92 Å². The third-order valence-corrected chi connectivity index (χ3v) is 4.41. The summed E-state index contributed by atoms with van der Waals surface area (Å²) in [5.74, 6) is -0.257. The molecule has 8 heteroatoms. The van der Waals surface area contributed by atoms with E-state index in [1.165, 1.54) is 0 Å². The van der Waals surface area contributed by atoms with Gasteiger partial charge >= 0.3 is 5.97 Å². The van der Waals surface area contributed by atoms with Gasteiger partial charge in [-0.05, 0) is 50.5 Å². The zero-order valence-corrected chi connectivity index (χ0v) is 13.7. The van der Waals surface area contributed by atoms with Crippen molar-refractivity contribution in [3.8, 4) is 11.4 Å². The molecule has 1 atom stereocenters. The van der Waals surface area contributed by atoms with E-state index in [1.54, 1.807) is 10.7 Å². The molecular formula is C13H14BrClN4O2. The largest absolute Gasteiger partial charge is 0.481 e. The van der Waals surface area contributed by atoms with Gasteiger partial charge in [-0.15, -0.1) is 5.10 Å². The van der Waals surface area contributed by atoms with E-state index < -0.39 is 5.97 Å². The molecule has 1 N–H and O–H groups in total. The lowest BCUT2D eigenvalue weighted by molar-refractivity contribution is -0.138. The fourth-order valence-corrected chi connectivity index (χ4v) is 2.43. The first-order chi connectivity index (χ1) is 10.0. The maximum Gasteiger partial charge on any atom is 0.303 e. The summed E-state index contributed by atoms with van der Waals surface area (Å²) >= 11 is 9.42. The van der Waals surface area contributed by atoms with Gasteiger partial charge in [0.25, 0.3) is 0 Å². The first-order valence-electron chi connectivity index (χ1n) is 6.44. The summed E-state index contributed by atoms with van der Waals surface area (Å²) in [7, 11) is 0. The highest BCUT2D eigenvalue weighted by Gasteiger charge is 2.17. The molecule has 1 aromatic heterocycles. The SMILES string of the molecule is CCC(CC(=O)O)Cn1nnnc1-c1ccc(Br)c(Cl)c1. The van der Waals surface area contributed by atoms with E-state index in [1.807, 2.05) is 19.1 Å². The highest BCUT2D eigenvalue weighted by molar-refractivity contribution is 9.10. The number of hydrogen-bond acceptors (Lipinski definition) is 4. The summed E-state index contributed by atoms with van der Waals surface area (Å²) in [4.78, 5) is 10.9. The van der Waals surface area contributed by atoms with Gasteiger partial charge in [0.2, 0.25) is 0 Å². The van der Waals surface area contributed by atoms with Crippen LogP contribution in [0.5, 0.6) is 0 Å². The molecular weight excluding hydrogens is 360 g/mol. The van der Waals surface area contributed by atoms with Gasteiger partial charge in [0, 0.05) is 23.0 Å². The lowest BCUT2D eigenvalue weighted by Crippen LogP contribution is -2.16. The quantitative estimate of drug-likeness (QED) is 0.840. The number of carboxylic acids is 1. The highest BCUT2D eigenvalue weighted by atomic mass is 79.9. The molecule has 0 spiro atoms. The topological polar surface area (TPSA) is 80.9 Å². The molecule has 0 aliphatic heterocycles. The number of aromatic nitrogens is 4. The van der Waals surface area contributed by atoms with Crippen molar-refractivity contribution in [1.29, 1.82) is 0 Å². The number of hydrogen-bond donors (Lipinski definition) is 1. The number of tetrazole rings is 1. The minimum absolute atomic E-state index is 0.0179. The predicted molar refractivity (Wildman–Crippen MR) is 82.0 cm³/mol. The van der Waals surface area contributed by atoms with Gasteiger partial charge in [-0.2, -0.15) is 0 Å². The maximum atomic E-state index is 10.9. The van der Waals surface area contributed by atoms with E-state index in [0.717, 1.165) is 16.5 Å². The smallest absolute Gasteiger partial charge is 0.303 e. The van der Waals surface area contributed by atoms with E-state index in [4.69, 9.17) is 16.7 Å². The predicted octanol–water partition coefficient (Wildman–Crippen LogP) is 3.26. The number of halogens is 2. The Morgan fingerprint density at radius 1 is 1.52 bits per heavy atom. The van der Waals surface area contributed by atoms with Crippen LogP contribution in [0.2, 0.25) is 5.02 Å². The summed E-state index contributed by atoms with van der Waals surface area (Å²) in [6, 6.07) is 5.45. The third-order valence-electron chi connectivity index (χ3n) is 3.18. The molecule has 112 valence electrons. The van der Waals surface area contributed by atoms with E-state index in [0.29, 0.717) is 17.4 Å². The van der Waals surface area contributed by atoms with Crippen LogP contribution in [0.1, 0.15) is 19.8 Å². The van der Waals surface area contributed by atoms with Crippen LogP contribution in [0.3, 0.4) is 0 Å². The van der Waals surface area contributed by atoms with Crippen molar-refractivity contribution < 1.29 is 9.90 Å². The molecule has 1 heterocycles. The van der Waals surface area contributed by atoms with Crippen molar-refractivity contribution in [2.75, 3.05) is 0 Å². The second-order valence-electron chi connectivity index (χ2n) is 4.69. The summed E-state index contributed by atoms with van der Waals surface area (Å²) < 4.78 is 2.42. The Hall–Kier alpha value is -1.47. The average Bonchev–Trinajstić information content (AvgIpc) is 2.88. The molecule has 0 aliphatic rings. The standard InChI is InChI=1S/C13H14BrClN4O2/c1-2-8(5-12(20)21)7-19-13(16-17-18-19)9-3-4-10(14)11(15)6-9/h3-4,6,8H,2,5,7H2,1H3,(H,20,21). The minimum atomic E-state index is -0.817. The van der Waals surface area contributed by atoms with Gasteiger partial charge in [-0.1, -0.05) is 24.9 Å². The Morgan fingerprint density at radius 3 is 2.90 bits per heavy atom. The zero-order chi connectivity index (χ0) is 15.4. The Morgan fingerprint density at radius 2 is 2.29 bits per heavy atom. The molecule has 0 fully saturated rings. The molecule has 0 amide bonds. The maximum absolute atomic E-state index is 10.9. The molecule has 1 aromatic carbocycles. The minimum Gasteiger partial charge on any atom is -0.481 e. The molecule has 21 heavy (non-hydrogen) atoms. The van der Waals surface area contributed by atoms with Crippen LogP contribution in [-0.2, 0) is 11.3 Å². The first-order valence-corrected chi connectivity index (χ1v) is 7.61. The second-order valence-corrected chi connectivity index (χ2v) is 5.95. The molecule has 0 radical (unpaired) electrons. The van der Waals surface area contributed by atoms with Gasteiger partial charge in [-0.3, -0.25) is 4.79 Å². The van der Waals surface area contributed by atoms with Gasteiger partial charge in [0.05, 0.1) is 5.02 Å². The molecule has 0 saturated carbocycles. The number of carbonyl (C=O) groups is 1. The fraction of sp³-hybridized carbons (Fsp3) is 0.385. The number of nitrogens with zero attached hydrogens (tertiary/aromatic N) is 4. The van der Waals surface area contributed by atoms with E-state index in [9.17, 15) is 4.79 Å². The summed E-state index contributed by atoms with van der Waals surface area (Å²) in [6.07, 6.45) is 0.837. The first kappa shape index (κ1) is 15.9. The van der Waals surface area contributed by atoms with Crippen molar-refractivity contribution >= 4 is 33.5 Å². The molecule has 2 aromatic rings. The number of aliphatic carboxylic acids is 1. The van der Waals surface area contributed by atoms with Gasteiger partial charge in [0.15, 0.2) is 5.82 Å². The van der Waals surface area contributed by atoms with E-state index in [-0.39, 0.29) is 12.3 Å². The molecule has 0 aliphatic carbocycles. The van der Waals surface area contributed by atoms with Crippen LogP contribution in [0.15, 0.2) is 22.7 Å². The van der Waals surface area contributed by atoms with Crippen LogP contribution >= 0.6 is 27.5 Å². The van der Waals surface area contributed by atoms with Crippen LogP contribution < -0.4 is 0 Å². The third kappa shape index (κ3) is 4.01. The molecule has 1 unspecified atom stereocenters. The Labute approximate surface area is 135 Å². The van der Waals surface area contributed by atoms with Crippen LogP contribution in [0, 0.1) is 5.92 Å². The van der Waals surface area contributed by atoms with Gasteiger partial charge in [-0.25, -0.2) is 4.68 Å². The van der Waals surface area contributed by atoms with Crippen LogP contribution in [0.25, 0.3) is 11.4 Å². The lowest BCUT2D eigenvalue weighted by Gasteiger charge is -2.13. The number of carboxylic acid groups (broad SMARTS) is 1. The van der Waals surface area contributed by atoms with Crippen molar-refractivity contribution in [2.45, 2.75) is 26.3 Å². The van der Waals surface area contributed by atoms with Gasteiger partial charge in [0.1, 0.15) is 0 Å². The normalized spacial score (nSPS) is 12.3. The monoisotopic (exact) mass is 372 g/mol. The van der Waals surface area contributed by atoms with Crippen molar-refractivity contribution in [3.63, 3.8) is 0 Å². The lowest BCUT2D eigenvalue weighted by atomic mass is 10.0. The van der Waals surface area contributed by atoms with Crippen molar-refractivity contribution in [3.05, 3.63) is 27.7 Å². The molecule has 0 saturated heterocycles. The van der Waals surface area contributed by atoms with Gasteiger partial charge < -0.3 is 5.11 Å². The van der Waals surface area contributed by atoms with Crippen molar-refractivity contribution in [1.82, 2.24) is 20.2 Å². The highest BCUT2D eigenvalue weighted by Crippen LogP contribution is 2.28. The Bertz CT molecular complexity index is 647. The van der Waals surface area contributed by atoms with E-state index >= 15 is 0 Å². The summed E-state index contributed by atoms with van der Waals surface area (Å²) in [6.45, 7) is 2.41. The molecule has 0 bridgehead atoms. The van der Waals surface area contributed by atoms with Crippen LogP contribution in [-0.4, -0.2) is 31.3 Å². The number of rotatable bonds is 6. The Balaban J connectivity index is 2.25. The molecule has 2 rings (SSSR count).